The highest BCUT2D eigenvalue weighted by molar-refractivity contribution is 7.99. The van der Waals surface area contributed by atoms with Gasteiger partial charge in [-0.2, -0.15) is 5.10 Å². The van der Waals surface area contributed by atoms with E-state index in [0.717, 1.165) is 11.3 Å². The zero-order valence-electron chi connectivity index (χ0n) is 14.2. The molecule has 4 nitrogen and oxygen atoms in total. The van der Waals surface area contributed by atoms with Gasteiger partial charge >= 0.3 is 0 Å². The van der Waals surface area contributed by atoms with Crippen LogP contribution in [0.5, 0.6) is 0 Å². The third-order valence-electron chi connectivity index (χ3n) is 3.55. The summed E-state index contributed by atoms with van der Waals surface area (Å²) in [6.45, 7) is 0. The number of nitrogens with zero attached hydrogens (tertiary/aromatic N) is 1. The van der Waals surface area contributed by atoms with Crippen LogP contribution in [0.25, 0.3) is 11.3 Å². The molecular formula is C20H16Cl2N2O2S. The molecule has 7 heteroatoms. The SMILES string of the molecule is O=C(CSCc1ccccc1)NN=Cc1ccc(-c2ccc(Cl)cc2Cl)o1. The van der Waals surface area contributed by atoms with Crippen LogP contribution in [-0.4, -0.2) is 17.9 Å². The lowest BCUT2D eigenvalue weighted by Gasteiger charge is -2.01. The third-order valence-corrected chi connectivity index (χ3v) is 5.10. The maximum absolute atomic E-state index is 11.8. The molecule has 0 unspecified atom stereocenters. The number of halogens is 2. The van der Waals surface area contributed by atoms with Gasteiger partial charge in [-0.15, -0.1) is 11.8 Å². The molecule has 0 saturated heterocycles. The highest BCUT2D eigenvalue weighted by Gasteiger charge is 2.08. The fraction of sp³-hybridized carbons (Fsp3) is 0.100. The van der Waals surface area contributed by atoms with Crippen LogP contribution in [0.3, 0.4) is 0 Å². The fourth-order valence-corrected chi connectivity index (χ4v) is 3.57. The second kappa shape index (κ2) is 9.65. The number of nitrogens with one attached hydrogen (secondary N) is 1. The number of hydrogen-bond acceptors (Lipinski definition) is 4. The van der Waals surface area contributed by atoms with E-state index in [1.165, 1.54) is 23.5 Å². The van der Waals surface area contributed by atoms with Crippen molar-refractivity contribution < 1.29 is 9.21 Å². The second-order valence-electron chi connectivity index (χ2n) is 5.60. The Morgan fingerprint density at radius 1 is 1.11 bits per heavy atom. The molecule has 1 amide bonds. The summed E-state index contributed by atoms with van der Waals surface area (Å²) in [6, 6.07) is 18.7. The molecule has 0 spiro atoms. The van der Waals surface area contributed by atoms with E-state index in [1.54, 1.807) is 30.3 Å². The lowest BCUT2D eigenvalue weighted by atomic mass is 10.2. The number of hydrogen-bond donors (Lipinski definition) is 1. The normalized spacial score (nSPS) is 11.0. The monoisotopic (exact) mass is 418 g/mol. The molecule has 3 aromatic rings. The molecule has 138 valence electrons. The van der Waals surface area contributed by atoms with E-state index >= 15 is 0 Å². The molecule has 2 aromatic carbocycles. The Morgan fingerprint density at radius 3 is 2.70 bits per heavy atom. The van der Waals surface area contributed by atoms with Crippen LogP contribution >= 0.6 is 35.0 Å². The summed E-state index contributed by atoms with van der Waals surface area (Å²) >= 11 is 13.6. The topological polar surface area (TPSA) is 54.6 Å². The summed E-state index contributed by atoms with van der Waals surface area (Å²) in [4.78, 5) is 11.8. The summed E-state index contributed by atoms with van der Waals surface area (Å²) in [5.41, 5.74) is 4.41. The number of furan rings is 1. The van der Waals surface area contributed by atoms with Gasteiger partial charge in [0.05, 0.1) is 17.0 Å². The Morgan fingerprint density at radius 2 is 1.93 bits per heavy atom. The van der Waals surface area contributed by atoms with Gasteiger partial charge in [-0.3, -0.25) is 4.79 Å². The van der Waals surface area contributed by atoms with Crippen molar-refractivity contribution in [2.24, 2.45) is 5.10 Å². The van der Waals surface area contributed by atoms with Gasteiger partial charge in [-0.05, 0) is 35.9 Å². The van der Waals surface area contributed by atoms with E-state index in [-0.39, 0.29) is 5.91 Å². The molecule has 0 aliphatic heterocycles. The first-order valence-electron chi connectivity index (χ1n) is 8.10. The van der Waals surface area contributed by atoms with Crippen LogP contribution in [0.1, 0.15) is 11.3 Å². The average molecular weight is 419 g/mol. The highest BCUT2D eigenvalue weighted by Crippen LogP contribution is 2.31. The molecule has 1 N–H and O–H groups in total. The van der Waals surface area contributed by atoms with Crippen molar-refractivity contribution in [2.45, 2.75) is 5.75 Å². The largest absolute Gasteiger partial charge is 0.455 e. The van der Waals surface area contributed by atoms with Crippen molar-refractivity contribution in [1.29, 1.82) is 0 Å². The Balaban J connectivity index is 1.48. The van der Waals surface area contributed by atoms with Gasteiger partial charge in [0.2, 0.25) is 5.91 Å². The predicted octanol–water partition coefficient (Wildman–Crippen LogP) is 5.64. The molecule has 0 fully saturated rings. The summed E-state index contributed by atoms with van der Waals surface area (Å²) in [6.07, 6.45) is 1.45. The fourth-order valence-electron chi connectivity index (χ4n) is 2.29. The summed E-state index contributed by atoms with van der Waals surface area (Å²) in [7, 11) is 0. The Labute approximate surface area is 171 Å². The van der Waals surface area contributed by atoms with E-state index in [2.05, 4.69) is 10.5 Å². The number of rotatable bonds is 7. The molecular weight excluding hydrogens is 403 g/mol. The number of amides is 1. The second-order valence-corrected chi connectivity index (χ2v) is 7.43. The minimum atomic E-state index is -0.167. The van der Waals surface area contributed by atoms with E-state index < -0.39 is 0 Å². The predicted molar refractivity (Wildman–Crippen MR) is 113 cm³/mol. The van der Waals surface area contributed by atoms with Gasteiger partial charge in [-0.1, -0.05) is 53.5 Å². The van der Waals surface area contributed by atoms with Crippen molar-refractivity contribution in [3.05, 3.63) is 82.0 Å². The number of carbonyl (C=O) groups is 1. The van der Waals surface area contributed by atoms with Gasteiger partial charge in [0.15, 0.2) is 0 Å². The molecule has 0 radical (unpaired) electrons. The molecule has 0 aliphatic carbocycles. The maximum Gasteiger partial charge on any atom is 0.250 e. The van der Waals surface area contributed by atoms with Crippen LogP contribution in [0.2, 0.25) is 10.0 Å². The first-order valence-corrected chi connectivity index (χ1v) is 10.0. The van der Waals surface area contributed by atoms with Gasteiger partial charge in [-0.25, -0.2) is 5.43 Å². The van der Waals surface area contributed by atoms with Crippen LogP contribution in [0.15, 0.2) is 70.2 Å². The number of thioether (sulfide) groups is 1. The summed E-state index contributed by atoms with van der Waals surface area (Å²) < 4.78 is 5.68. The first-order chi connectivity index (χ1) is 13.1. The van der Waals surface area contributed by atoms with Crippen molar-refractivity contribution in [3.8, 4) is 11.3 Å². The van der Waals surface area contributed by atoms with Crippen LogP contribution in [0.4, 0.5) is 0 Å². The summed E-state index contributed by atoms with van der Waals surface area (Å²) in [5.74, 6) is 2.05. The van der Waals surface area contributed by atoms with Crippen molar-refractivity contribution in [2.75, 3.05) is 5.75 Å². The van der Waals surface area contributed by atoms with Crippen LogP contribution in [0, 0.1) is 0 Å². The molecule has 0 atom stereocenters. The van der Waals surface area contributed by atoms with Crippen molar-refractivity contribution in [1.82, 2.24) is 5.43 Å². The smallest absolute Gasteiger partial charge is 0.250 e. The Bertz CT molecular complexity index is 942. The van der Waals surface area contributed by atoms with Gasteiger partial charge in [0.25, 0.3) is 0 Å². The average Bonchev–Trinajstić information content (AvgIpc) is 3.11. The standard InChI is InChI=1S/C20H16Cl2N2O2S/c21-15-6-8-17(18(22)10-15)19-9-7-16(26-19)11-23-24-20(25)13-27-12-14-4-2-1-3-5-14/h1-11H,12-13H2,(H,24,25). The molecule has 0 bridgehead atoms. The number of carbonyl (C=O) groups excluding carboxylic acids is 1. The molecule has 1 heterocycles. The first kappa shape index (κ1) is 19.5. The van der Waals surface area contributed by atoms with E-state index in [4.69, 9.17) is 27.6 Å². The maximum atomic E-state index is 11.8. The zero-order valence-corrected chi connectivity index (χ0v) is 16.5. The molecule has 0 aliphatic rings. The Kier molecular flexibility index (Phi) is 6.98. The number of hydrazone groups is 1. The van der Waals surface area contributed by atoms with E-state index in [9.17, 15) is 4.79 Å². The quantitative estimate of drug-likeness (QED) is 0.399. The lowest BCUT2D eigenvalue weighted by Crippen LogP contribution is -2.19. The van der Waals surface area contributed by atoms with Crippen molar-refractivity contribution >= 4 is 47.1 Å². The van der Waals surface area contributed by atoms with Gasteiger partial charge < -0.3 is 4.42 Å². The highest BCUT2D eigenvalue weighted by atomic mass is 35.5. The van der Waals surface area contributed by atoms with Crippen LogP contribution in [-0.2, 0) is 10.5 Å². The number of benzene rings is 2. The third kappa shape index (κ3) is 5.89. The minimum absolute atomic E-state index is 0.167. The van der Waals surface area contributed by atoms with E-state index in [0.29, 0.717) is 27.3 Å². The van der Waals surface area contributed by atoms with Crippen LogP contribution < -0.4 is 5.43 Å². The molecule has 1 aromatic heterocycles. The molecule has 27 heavy (non-hydrogen) atoms. The van der Waals surface area contributed by atoms with Gasteiger partial charge in [0.1, 0.15) is 11.5 Å². The van der Waals surface area contributed by atoms with Crippen molar-refractivity contribution in [3.63, 3.8) is 0 Å². The molecule has 0 saturated carbocycles. The summed E-state index contributed by atoms with van der Waals surface area (Å²) in [5, 5.41) is 4.99. The lowest BCUT2D eigenvalue weighted by molar-refractivity contribution is -0.118. The zero-order chi connectivity index (χ0) is 19.1. The Hall–Kier alpha value is -2.21. The van der Waals surface area contributed by atoms with Gasteiger partial charge in [0, 0.05) is 16.3 Å². The van der Waals surface area contributed by atoms with E-state index in [1.807, 2.05) is 30.3 Å². The minimum Gasteiger partial charge on any atom is -0.455 e. The molecule has 3 rings (SSSR count).